The molecule has 0 aliphatic heterocycles. The largest absolute Gasteiger partial charge is 0.481 e. The molecule has 42 heavy (non-hydrogen) atoms. The molecule has 2 aliphatic carbocycles. The number of aliphatic carboxylic acids is 1. The highest BCUT2D eigenvalue weighted by Gasteiger charge is 2.67. The second-order valence-electron chi connectivity index (χ2n) is 14.6. The van der Waals surface area contributed by atoms with Crippen LogP contribution in [0.2, 0.25) is 0 Å². The van der Waals surface area contributed by atoms with Crippen LogP contribution in [-0.2, 0) is 19.1 Å². The van der Waals surface area contributed by atoms with Gasteiger partial charge in [-0.25, -0.2) is 0 Å². The topological polar surface area (TPSA) is 113 Å². The van der Waals surface area contributed by atoms with Crippen molar-refractivity contribution in [2.45, 2.75) is 126 Å². The number of carbonyl (C=O) groups is 2. The van der Waals surface area contributed by atoms with Crippen molar-refractivity contribution in [3.05, 3.63) is 23.8 Å². The first-order valence-corrected chi connectivity index (χ1v) is 14.9. The normalized spacial score (nSPS) is 37.6. The Morgan fingerprint density at radius 1 is 1.17 bits per heavy atom. The molecule has 0 aromatic rings. The van der Waals surface area contributed by atoms with Crippen LogP contribution in [0.4, 0.5) is 0 Å². The van der Waals surface area contributed by atoms with Crippen molar-refractivity contribution < 1.29 is 44.0 Å². The van der Waals surface area contributed by atoms with Gasteiger partial charge in [0.05, 0.1) is 29.6 Å². The summed E-state index contributed by atoms with van der Waals surface area (Å²) < 4.78 is 71.7. The Kier molecular flexibility index (Phi) is 7.85. The molecule has 0 saturated heterocycles. The predicted molar refractivity (Wildman–Crippen MR) is 167 cm³/mol. The summed E-state index contributed by atoms with van der Waals surface area (Å²) in [4.78, 5) is 26.2. The highest BCUT2D eigenvalue weighted by molar-refractivity contribution is 5.73. The first-order valence-electron chi connectivity index (χ1n) is 18.4. The van der Waals surface area contributed by atoms with Crippen LogP contribution in [0, 0.1) is 51.7 Å². The van der Waals surface area contributed by atoms with Gasteiger partial charge < -0.3 is 24.8 Å². The average Bonchev–Trinajstić information content (AvgIpc) is 2.92. The standard InChI is InChI=1S/C35H60O7/c1-20(2)17-22(4)30(39)42-35(13)31(7,8)26(41-14)18-25-16-15-21(3)27(34(25,35)12)23(5)19-33(11,40)32(9,10)28(36)24(6)29(37)38/h15-16,18,20-24,26-28,36,40H,17,19H2,1-14H3,(H,37,38)/t21-,22-,23?,24?,26-,27+,28-,33+,34-,35-/m0/s1/i4D3,17D2,20D,22D. The summed E-state index contributed by atoms with van der Waals surface area (Å²) >= 11 is 0. The van der Waals surface area contributed by atoms with Gasteiger partial charge in [-0.15, -0.1) is 0 Å². The summed E-state index contributed by atoms with van der Waals surface area (Å²) in [6.45, 7) is 15.9. The summed E-state index contributed by atoms with van der Waals surface area (Å²) in [7, 11) is 1.49. The predicted octanol–water partition coefficient (Wildman–Crippen LogP) is 6.67. The van der Waals surface area contributed by atoms with Gasteiger partial charge in [0, 0.05) is 33.0 Å². The molecule has 242 valence electrons. The van der Waals surface area contributed by atoms with Crippen LogP contribution in [0.5, 0.6) is 0 Å². The lowest BCUT2D eigenvalue weighted by atomic mass is 9.44. The zero-order valence-corrected chi connectivity index (χ0v) is 27.9. The fourth-order valence-electron chi connectivity index (χ4n) is 7.72. The first kappa shape index (κ1) is 26.7. The Bertz CT molecular complexity index is 1330. The number of methoxy groups -OCH3 is 1. The molecule has 7 nitrogen and oxygen atoms in total. The monoisotopic (exact) mass is 599 g/mol. The SMILES string of the molecule is [2H]C(C)(C)C([2H])([2H])[C@@]([2H])(C(=O)O[C@@]1(C)C(C)(C)[C@@H](OC)C=C2C=C[C@H](C)[C@H](C(C)C[C@@](C)(O)C(C)(C)[C@@H](O)C(C)C(=O)O)[C@]21C)C([2H])([2H])[2H]. The number of hydrogen-bond donors (Lipinski definition) is 3. The van der Waals surface area contributed by atoms with Crippen molar-refractivity contribution in [3.63, 3.8) is 0 Å². The maximum absolute atomic E-state index is 14.4. The smallest absolute Gasteiger partial charge is 0.309 e. The van der Waals surface area contributed by atoms with Crippen LogP contribution < -0.4 is 0 Å². The van der Waals surface area contributed by atoms with E-state index in [2.05, 4.69) is 0 Å². The molecule has 10 atom stereocenters. The van der Waals surface area contributed by atoms with Crippen LogP contribution in [0.25, 0.3) is 0 Å². The molecule has 2 aliphatic rings. The Labute approximate surface area is 265 Å². The summed E-state index contributed by atoms with van der Waals surface area (Å²) in [5.41, 5.74) is -6.11. The molecule has 0 heterocycles. The third kappa shape index (κ3) is 5.99. The van der Waals surface area contributed by atoms with Crippen LogP contribution in [0.15, 0.2) is 23.8 Å². The summed E-state index contributed by atoms with van der Waals surface area (Å²) in [5, 5.41) is 32.7. The Morgan fingerprint density at radius 2 is 1.74 bits per heavy atom. The average molecular weight is 600 g/mol. The van der Waals surface area contributed by atoms with Crippen molar-refractivity contribution in [1.29, 1.82) is 0 Å². The Morgan fingerprint density at radius 3 is 2.21 bits per heavy atom. The van der Waals surface area contributed by atoms with Gasteiger partial charge in [0.1, 0.15) is 5.60 Å². The molecule has 0 fully saturated rings. The zero-order chi connectivity index (χ0) is 38.9. The molecular formula is C35H60O7. The van der Waals surface area contributed by atoms with Gasteiger partial charge in [-0.1, -0.05) is 87.4 Å². The number of allylic oxidation sites excluding steroid dienone is 2. The third-order valence-electron chi connectivity index (χ3n) is 11.1. The number of esters is 1. The van der Waals surface area contributed by atoms with Gasteiger partial charge in [-0.2, -0.15) is 0 Å². The van der Waals surface area contributed by atoms with Gasteiger partial charge in [0.25, 0.3) is 0 Å². The van der Waals surface area contributed by atoms with E-state index in [4.69, 9.17) is 19.1 Å². The number of carbonyl (C=O) groups excluding carboxylic acids is 1. The number of ether oxygens (including phenoxy) is 2. The first-order chi connectivity index (χ1) is 21.6. The van der Waals surface area contributed by atoms with E-state index >= 15 is 0 Å². The van der Waals surface area contributed by atoms with Gasteiger partial charge in [-0.3, -0.25) is 9.59 Å². The lowest BCUT2D eigenvalue weighted by Gasteiger charge is -2.64. The quantitative estimate of drug-likeness (QED) is 0.215. The van der Waals surface area contributed by atoms with Crippen LogP contribution in [0.3, 0.4) is 0 Å². The van der Waals surface area contributed by atoms with E-state index in [1.54, 1.807) is 41.5 Å². The van der Waals surface area contributed by atoms with Gasteiger partial charge in [-0.05, 0) is 62.8 Å². The van der Waals surface area contributed by atoms with E-state index in [1.807, 2.05) is 39.0 Å². The number of carboxylic acid groups (broad SMARTS) is 1. The van der Waals surface area contributed by atoms with E-state index < -0.39 is 94.4 Å². The molecule has 0 spiro atoms. The minimum atomic E-state index is -3.52. The third-order valence-corrected chi connectivity index (χ3v) is 11.1. The Hall–Kier alpha value is -1.70. The number of aliphatic hydroxyl groups excluding tert-OH is 1. The molecule has 7 heteroatoms. The number of rotatable bonds is 12. The summed E-state index contributed by atoms with van der Waals surface area (Å²) in [6, 6.07) is 0. The molecule has 3 N–H and O–H groups in total. The second kappa shape index (κ2) is 12.4. The van der Waals surface area contributed by atoms with Crippen molar-refractivity contribution in [3.8, 4) is 0 Å². The lowest BCUT2D eigenvalue weighted by molar-refractivity contribution is -0.233. The van der Waals surface area contributed by atoms with Gasteiger partial charge in [0.2, 0.25) is 0 Å². The summed E-state index contributed by atoms with van der Waals surface area (Å²) in [6.07, 6.45) is 0.623. The van der Waals surface area contributed by atoms with Crippen molar-refractivity contribution in [2.75, 3.05) is 7.11 Å². The van der Waals surface area contributed by atoms with E-state index in [9.17, 15) is 24.9 Å². The molecule has 0 saturated carbocycles. The van der Waals surface area contributed by atoms with E-state index in [1.165, 1.54) is 14.0 Å². The molecule has 0 aromatic heterocycles. The fourth-order valence-corrected chi connectivity index (χ4v) is 7.72. The minimum Gasteiger partial charge on any atom is -0.481 e. The molecule has 0 amide bonds. The van der Waals surface area contributed by atoms with Crippen molar-refractivity contribution in [2.24, 2.45) is 51.7 Å². The van der Waals surface area contributed by atoms with E-state index in [-0.39, 0.29) is 12.3 Å². The molecule has 0 aromatic carbocycles. The maximum atomic E-state index is 14.4. The molecule has 2 unspecified atom stereocenters. The second-order valence-corrected chi connectivity index (χ2v) is 14.6. The maximum Gasteiger partial charge on any atom is 0.309 e. The number of hydrogen-bond acceptors (Lipinski definition) is 6. The highest BCUT2D eigenvalue weighted by atomic mass is 16.6. The Balaban J connectivity index is 2.88. The molecular weight excluding hydrogens is 532 g/mol. The van der Waals surface area contributed by atoms with Gasteiger partial charge in [0.15, 0.2) is 0 Å². The molecule has 0 bridgehead atoms. The summed E-state index contributed by atoms with van der Waals surface area (Å²) in [5.74, 6) is -10.7. The zero-order valence-electron chi connectivity index (χ0n) is 34.9. The minimum absolute atomic E-state index is 0.0838. The van der Waals surface area contributed by atoms with Gasteiger partial charge >= 0.3 is 11.9 Å². The highest BCUT2D eigenvalue weighted by Crippen LogP contribution is 2.65. The number of fused-ring (bicyclic) bond motifs is 1. The van der Waals surface area contributed by atoms with E-state index in [0.29, 0.717) is 5.57 Å². The van der Waals surface area contributed by atoms with Crippen LogP contribution >= 0.6 is 0 Å². The van der Waals surface area contributed by atoms with Crippen molar-refractivity contribution in [1.82, 2.24) is 0 Å². The van der Waals surface area contributed by atoms with Crippen LogP contribution in [0.1, 0.15) is 112 Å². The van der Waals surface area contributed by atoms with Crippen molar-refractivity contribution >= 4 is 11.9 Å². The number of carboxylic acids is 1. The fraction of sp³-hybridized carbons (Fsp3) is 0.829. The lowest BCUT2D eigenvalue weighted by Crippen LogP contribution is -2.68. The molecule has 2 rings (SSSR count). The molecule has 0 radical (unpaired) electrons. The number of aliphatic hydroxyl groups is 2. The van der Waals surface area contributed by atoms with Crippen LogP contribution in [-0.4, -0.2) is 57.8 Å². The van der Waals surface area contributed by atoms with E-state index in [0.717, 1.165) is 13.8 Å².